The minimum atomic E-state index is -0.563. The van der Waals surface area contributed by atoms with E-state index in [1.807, 2.05) is 0 Å². The molecule has 0 saturated heterocycles. The van der Waals surface area contributed by atoms with E-state index < -0.39 is 11.8 Å². The lowest BCUT2D eigenvalue weighted by atomic mass is 10.2. The Morgan fingerprint density at radius 3 is 2.30 bits per heavy atom. The molecule has 0 spiro atoms. The van der Waals surface area contributed by atoms with Gasteiger partial charge in [0, 0.05) is 5.02 Å². The highest BCUT2D eigenvalue weighted by molar-refractivity contribution is 6.35. The zero-order valence-corrected chi connectivity index (χ0v) is 11.9. The van der Waals surface area contributed by atoms with E-state index >= 15 is 0 Å². The molecule has 0 bridgehead atoms. The van der Waals surface area contributed by atoms with E-state index in [0.29, 0.717) is 16.3 Å². The summed E-state index contributed by atoms with van der Waals surface area (Å²) >= 11 is 11.7. The second-order valence-electron chi connectivity index (χ2n) is 3.92. The molecule has 0 unspecified atom stereocenters. The molecule has 7 heteroatoms. The van der Waals surface area contributed by atoms with Gasteiger partial charge in [-0.25, -0.2) is 0 Å². The van der Waals surface area contributed by atoms with Crippen molar-refractivity contribution in [1.82, 2.24) is 10.9 Å². The molecule has 20 heavy (non-hydrogen) atoms. The van der Waals surface area contributed by atoms with Crippen LogP contribution in [0.2, 0.25) is 10.0 Å². The highest BCUT2D eigenvalue weighted by Gasteiger charge is 2.14. The first-order chi connectivity index (χ1) is 9.49. The fourth-order valence-electron chi connectivity index (χ4n) is 1.54. The highest BCUT2D eigenvalue weighted by atomic mass is 35.5. The van der Waals surface area contributed by atoms with E-state index in [-0.39, 0.29) is 10.6 Å². The monoisotopic (exact) mass is 312 g/mol. The van der Waals surface area contributed by atoms with Crippen molar-refractivity contribution in [3.63, 3.8) is 0 Å². The summed E-state index contributed by atoms with van der Waals surface area (Å²) in [6.45, 7) is 1.64. The number of benzene rings is 1. The third-order valence-electron chi connectivity index (χ3n) is 2.57. The maximum absolute atomic E-state index is 11.9. The molecule has 5 nitrogen and oxygen atoms in total. The van der Waals surface area contributed by atoms with Gasteiger partial charge in [0.05, 0.1) is 22.4 Å². The van der Waals surface area contributed by atoms with E-state index in [1.54, 1.807) is 13.0 Å². The molecule has 0 aliphatic carbocycles. The average Bonchev–Trinajstić information content (AvgIpc) is 2.84. The molecule has 1 heterocycles. The zero-order valence-electron chi connectivity index (χ0n) is 10.4. The molecule has 1 aromatic carbocycles. The molecule has 0 fully saturated rings. The van der Waals surface area contributed by atoms with Gasteiger partial charge in [0.2, 0.25) is 0 Å². The fourth-order valence-corrected chi connectivity index (χ4v) is 1.92. The van der Waals surface area contributed by atoms with Gasteiger partial charge in [0.15, 0.2) is 0 Å². The summed E-state index contributed by atoms with van der Waals surface area (Å²) in [7, 11) is 0. The van der Waals surface area contributed by atoms with Crippen molar-refractivity contribution in [3.05, 3.63) is 57.5 Å². The number of carbonyl (C=O) groups is 2. The Balaban J connectivity index is 2.04. The van der Waals surface area contributed by atoms with Crippen LogP contribution in [-0.4, -0.2) is 11.8 Å². The Hall–Kier alpha value is -1.98. The number of aryl methyl sites for hydroxylation is 1. The van der Waals surface area contributed by atoms with Crippen molar-refractivity contribution < 1.29 is 14.0 Å². The quantitative estimate of drug-likeness (QED) is 0.837. The molecular formula is C13H10Cl2N2O3. The predicted octanol–water partition coefficient (Wildman–Crippen LogP) is 2.97. The minimum Gasteiger partial charge on any atom is -0.469 e. The van der Waals surface area contributed by atoms with Crippen LogP contribution < -0.4 is 10.9 Å². The highest BCUT2D eigenvalue weighted by Crippen LogP contribution is 2.20. The van der Waals surface area contributed by atoms with Gasteiger partial charge >= 0.3 is 0 Å². The number of hydrogen-bond donors (Lipinski definition) is 2. The number of hydrogen-bond acceptors (Lipinski definition) is 3. The van der Waals surface area contributed by atoms with Crippen molar-refractivity contribution >= 4 is 35.0 Å². The van der Waals surface area contributed by atoms with Gasteiger partial charge in [-0.05, 0) is 31.2 Å². The molecule has 0 saturated carbocycles. The molecule has 0 aliphatic rings. The lowest BCUT2D eigenvalue weighted by molar-refractivity contribution is 0.0846. The number of carbonyl (C=O) groups excluding carboxylic acids is 2. The molecular weight excluding hydrogens is 303 g/mol. The minimum absolute atomic E-state index is 0.170. The van der Waals surface area contributed by atoms with Crippen molar-refractivity contribution in [3.8, 4) is 0 Å². The number of nitrogens with one attached hydrogen (secondary N) is 2. The Morgan fingerprint density at radius 2 is 1.70 bits per heavy atom. The van der Waals surface area contributed by atoms with Crippen molar-refractivity contribution in [2.45, 2.75) is 6.92 Å². The number of amides is 2. The molecule has 0 radical (unpaired) electrons. The lowest BCUT2D eigenvalue weighted by Crippen LogP contribution is -2.41. The summed E-state index contributed by atoms with van der Waals surface area (Å²) in [6, 6.07) is 5.98. The van der Waals surface area contributed by atoms with Crippen LogP contribution >= 0.6 is 23.2 Å². The van der Waals surface area contributed by atoms with Crippen molar-refractivity contribution in [1.29, 1.82) is 0 Å². The summed E-state index contributed by atoms with van der Waals surface area (Å²) in [6.07, 6.45) is 1.39. The van der Waals surface area contributed by atoms with Gasteiger partial charge in [-0.1, -0.05) is 23.2 Å². The zero-order chi connectivity index (χ0) is 14.7. The summed E-state index contributed by atoms with van der Waals surface area (Å²) in [4.78, 5) is 23.7. The number of halogens is 2. The molecule has 2 amide bonds. The van der Waals surface area contributed by atoms with E-state index in [1.165, 1.54) is 24.5 Å². The Labute approximate surface area is 124 Å². The normalized spacial score (nSPS) is 10.2. The summed E-state index contributed by atoms with van der Waals surface area (Å²) in [5.74, 6) is -0.590. The van der Waals surface area contributed by atoms with Crippen LogP contribution in [0, 0.1) is 6.92 Å². The number of hydrazine groups is 1. The Kier molecular flexibility index (Phi) is 4.32. The smallest absolute Gasteiger partial charge is 0.273 e. The van der Waals surface area contributed by atoms with Crippen LogP contribution in [-0.2, 0) is 0 Å². The van der Waals surface area contributed by atoms with Crippen LogP contribution in [0.15, 0.2) is 34.9 Å². The topological polar surface area (TPSA) is 71.3 Å². The number of rotatable bonds is 2. The van der Waals surface area contributed by atoms with Gasteiger partial charge in [0.25, 0.3) is 11.8 Å². The standard InChI is InChI=1S/C13H10Cl2N2O3/c1-7-9(4-5-20-7)12(18)16-17-13(19)10-6-8(14)2-3-11(10)15/h2-6H,1H3,(H,16,18)(H,17,19). The van der Waals surface area contributed by atoms with Crippen molar-refractivity contribution in [2.24, 2.45) is 0 Å². The summed E-state index contributed by atoms with van der Waals surface area (Å²) in [5, 5.41) is 0.609. The van der Waals surface area contributed by atoms with E-state index in [4.69, 9.17) is 27.6 Å². The first kappa shape index (κ1) is 14.4. The van der Waals surface area contributed by atoms with Gasteiger partial charge in [-0.15, -0.1) is 0 Å². The maximum atomic E-state index is 11.9. The van der Waals surface area contributed by atoms with Crippen LogP contribution in [0.3, 0.4) is 0 Å². The first-order valence-corrected chi connectivity index (χ1v) is 6.34. The van der Waals surface area contributed by atoms with E-state index in [2.05, 4.69) is 10.9 Å². The maximum Gasteiger partial charge on any atom is 0.273 e. The Morgan fingerprint density at radius 1 is 1.05 bits per heavy atom. The lowest BCUT2D eigenvalue weighted by Gasteiger charge is -2.08. The van der Waals surface area contributed by atoms with Crippen LogP contribution in [0.25, 0.3) is 0 Å². The molecule has 0 aliphatic heterocycles. The molecule has 2 N–H and O–H groups in total. The third-order valence-corrected chi connectivity index (χ3v) is 3.13. The van der Waals surface area contributed by atoms with E-state index in [0.717, 1.165) is 0 Å². The van der Waals surface area contributed by atoms with Crippen molar-refractivity contribution in [2.75, 3.05) is 0 Å². The molecule has 2 aromatic rings. The molecule has 1 aromatic heterocycles. The second kappa shape index (κ2) is 5.98. The van der Waals surface area contributed by atoms with Crippen LogP contribution in [0.5, 0.6) is 0 Å². The van der Waals surface area contributed by atoms with E-state index in [9.17, 15) is 9.59 Å². The van der Waals surface area contributed by atoms with Gasteiger partial charge < -0.3 is 4.42 Å². The SMILES string of the molecule is Cc1occc1C(=O)NNC(=O)c1cc(Cl)ccc1Cl. The number of furan rings is 1. The third kappa shape index (κ3) is 3.12. The van der Waals surface area contributed by atoms with Gasteiger partial charge in [-0.2, -0.15) is 0 Å². The second-order valence-corrected chi connectivity index (χ2v) is 4.77. The molecule has 104 valence electrons. The average molecular weight is 313 g/mol. The first-order valence-electron chi connectivity index (χ1n) is 5.59. The fraction of sp³-hybridized carbons (Fsp3) is 0.0769. The van der Waals surface area contributed by atoms with Crippen LogP contribution in [0.1, 0.15) is 26.5 Å². The predicted molar refractivity (Wildman–Crippen MR) is 74.8 cm³/mol. The van der Waals surface area contributed by atoms with Gasteiger partial charge in [-0.3, -0.25) is 20.4 Å². The summed E-state index contributed by atoms with van der Waals surface area (Å²) in [5.41, 5.74) is 5.04. The summed E-state index contributed by atoms with van der Waals surface area (Å²) < 4.78 is 5.00. The van der Waals surface area contributed by atoms with Gasteiger partial charge in [0.1, 0.15) is 5.76 Å². The van der Waals surface area contributed by atoms with Crippen LogP contribution in [0.4, 0.5) is 0 Å². The largest absolute Gasteiger partial charge is 0.469 e. The molecule has 2 rings (SSSR count). The molecule has 0 atom stereocenters. The Bertz CT molecular complexity index is 667.